The van der Waals surface area contributed by atoms with Gasteiger partial charge in [0.1, 0.15) is 18.5 Å². The number of imide groups is 1. The van der Waals surface area contributed by atoms with Crippen LogP contribution in [0.2, 0.25) is 0 Å². The molecule has 0 saturated carbocycles. The van der Waals surface area contributed by atoms with Gasteiger partial charge in [-0.25, -0.2) is 14.8 Å². The summed E-state index contributed by atoms with van der Waals surface area (Å²) in [4.78, 5) is 26.4. The maximum Gasteiger partial charge on any atom is 0.344 e. The molecular weight excluding hydrogens is 288 g/mol. The largest absolute Gasteiger partial charge is 0.497 e. The van der Waals surface area contributed by atoms with Gasteiger partial charge in [-0.2, -0.15) is 5.10 Å². The molecule has 1 aliphatic rings. The second kappa shape index (κ2) is 5.68. The van der Waals surface area contributed by atoms with Gasteiger partial charge in [-0.05, 0) is 24.3 Å². The molecule has 112 valence electrons. The lowest BCUT2D eigenvalue weighted by Crippen LogP contribution is -2.24. The standard InChI is InChI=1S/C14H12N4O4/c1-21-10-4-2-9(3-5-10)11-6-15-13(22-11)7-16-18-8-12(19)17-14(18)20/h2-7H,8H2,1H3,(H,17,19,20)/b16-7+. The topological polar surface area (TPSA) is 97.0 Å². The van der Waals surface area contributed by atoms with Gasteiger partial charge in [0.05, 0.1) is 13.3 Å². The maximum absolute atomic E-state index is 11.3. The van der Waals surface area contributed by atoms with Crippen LogP contribution in [-0.4, -0.2) is 41.8 Å². The number of ether oxygens (including phenoxy) is 1. The van der Waals surface area contributed by atoms with Crippen molar-refractivity contribution < 1.29 is 18.7 Å². The molecule has 2 heterocycles. The minimum atomic E-state index is -0.566. The third-order valence-electron chi connectivity index (χ3n) is 2.98. The summed E-state index contributed by atoms with van der Waals surface area (Å²) in [6.45, 7) is -0.110. The van der Waals surface area contributed by atoms with Gasteiger partial charge in [0, 0.05) is 5.56 Å². The summed E-state index contributed by atoms with van der Waals surface area (Å²) < 4.78 is 10.6. The third kappa shape index (κ3) is 2.80. The van der Waals surface area contributed by atoms with Crippen molar-refractivity contribution in [3.63, 3.8) is 0 Å². The molecule has 1 aliphatic heterocycles. The van der Waals surface area contributed by atoms with E-state index in [4.69, 9.17) is 9.15 Å². The number of carbonyl (C=O) groups excluding carboxylic acids is 2. The van der Waals surface area contributed by atoms with Gasteiger partial charge in [-0.1, -0.05) is 0 Å². The molecule has 1 aromatic heterocycles. The van der Waals surface area contributed by atoms with Crippen LogP contribution in [0.4, 0.5) is 4.79 Å². The fraction of sp³-hybridized carbons (Fsp3) is 0.143. The van der Waals surface area contributed by atoms with Crippen LogP contribution in [0, 0.1) is 0 Å². The van der Waals surface area contributed by atoms with E-state index in [1.54, 1.807) is 13.3 Å². The number of carbonyl (C=O) groups is 2. The van der Waals surface area contributed by atoms with Gasteiger partial charge in [-0.15, -0.1) is 0 Å². The molecular formula is C14H12N4O4. The van der Waals surface area contributed by atoms with E-state index in [0.29, 0.717) is 5.76 Å². The number of nitrogens with zero attached hydrogens (tertiary/aromatic N) is 3. The molecule has 8 heteroatoms. The number of methoxy groups -OCH3 is 1. The van der Waals surface area contributed by atoms with E-state index in [0.717, 1.165) is 16.3 Å². The Hall–Kier alpha value is -3.16. The van der Waals surface area contributed by atoms with Crippen molar-refractivity contribution in [2.24, 2.45) is 5.10 Å². The summed E-state index contributed by atoms with van der Waals surface area (Å²) in [5.74, 6) is 1.15. The summed E-state index contributed by atoms with van der Waals surface area (Å²) in [7, 11) is 1.59. The van der Waals surface area contributed by atoms with Crippen LogP contribution in [-0.2, 0) is 4.79 Å². The number of aromatic nitrogens is 1. The molecule has 3 rings (SSSR count). The van der Waals surface area contributed by atoms with E-state index < -0.39 is 11.9 Å². The summed E-state index contributed by atoms with van der Waals surface area (Å²) in [6, 6.07) is 6.74. The number of rotatable bonds is 4. The zero-order chi connectivity index (χ0) is 15.5. The van der Waals surface area contributed by atoms with Gasteiger partial charge in [-0.3, -0.25) is 10.1 Å². The highest BCUT2D eigenvalue weighted by Gasteiger charge is 2.26. The van der Waals surface area contributed by atoms with Gasteiger partial charge in [0.2, 0.25) is 11.8 Å². The molecule has 8 nitrogen and oxygen atoms in total. The number of oxazole rings is 1. The first-order chi connectivity index (χ1) is 10.7. The number of amides is 3. The molecule has 3 amide bonds. The van der Waals surface area contributed by atoms with Gasteiger partial charge < -0.3 is 9.15 Å². The lowest BCUT2D eigenvalue weighted by molar-refractivity contribution is -0.118. The molecule has 1 aromatic carbocycles. The fourth-order valence-electron chi connectivity index (χ4n) is 1.88. The van der Waals surface area contributed by atoms with E-state index >= 15 is 0 Å². The second-order valence-corrected chi connectivity index (χ2v) is 4.45. The Morgan fingerprint density at radius 2 is 2.14 bits per heavy atom. The Bertz CT molecular complexity index is 736. The van der Waals surface area contributed by atoms with Crippen LogP contribution >= 0.6 is 0 Å². The molecule has 0 radical (unpaired) electrons. The normalized spacial score (nSPS) is 14.7. The van der Waals surface area contributed by atoms with Crippen molar-refractivity contribution in [3.05, 3.63) is 36.4 Å². The van der Waals surface area contributed by atoms with Crippen molar-refractivity contribution in [2.75, 3.05) is 13.7 Å². The van der Waals surface area contributed by atoms with Gasteiger partial charge >= 0.3 is 6.03 Å². The Balaban J connectivity index is 1.73. The fourth-order valence-corrected chi connectivity index (χ4v) is 1.88. The molecule has 0 atom stereocenters. The molecule has 1 N–H and O–H groups in total. The van der Waals surface area contributed by atoms with Crippen LogP contribution < -0.4 is 10.1 Å². The molecule has 0 spiro atoms. The summed E-state index contributed by atoms with van der Waals surface area (Å²) in [6.07, 6.45) is 2.84. The van der Waals surface area contributed by atoms with Crippen LogP contribution in [0.15, 0.2) is 40.0 Å². The van der Waals surface area contributed by atoms with Crippen molar-refractivity contribution in [3.8, 4) is 17.1 Å². The van der Waals surface area contributed by atoms with Crippen molar-refractivity contribution in [1.29, 1.82) is 0 Å². The first-order valence-electron chi connectivity index (χ1n) is 6.41. The Morgan fingerprint density at radius 3 is 2.77 bits per heavy atom. The van der Waals surface area contributed by atoms with E-state index in [9.17, 15) is 9.59 Å². The molecule has 22 heavy (non-hydrogen) atoms. The maximum atomic E-state index is 11.3. The first-order valence-corrected chi connectivity index (χ1v) is 6.41. The number of hydrogen-bond acceptors (Lipinski definition) is 6. The second-order valence-electron chi connectivity index (χ2n) is 4.45. The van der Waals surface area contributed by atoms with Crippen molar-refractivity contribution in [1.82, 2.24) is 15.3 Å². The summed E-state index contributed by atoms with van der Waals surface area (Å²) in [5, 5.41) is 6.97. The van der Waals surface area contributed by atoms with E-state index in [1.165, 1.54) is 6.21 Å². The summed E-state index contributed by atoms with van der Waals surface area (Å²) >= 11 is 0. The van der Waals surface area contributed by atoms with Crippen LogP contribution in [0.1, 0.15) is 5.89 Å². The highest BCUT2D eigenvalue weighted by Crippen LogP contribution is 2.22. The monoisotopic (exact) mass is 300 g/mol. The lowest BCUT2D eigenvalue weighted by atomic mass is 10.2. The number of nitrogens with one attached hydrogen (secondary N) is 1. The predicted octanol–water partition coefficient (Wildman–Crippen LogP) is 1.24. The van der Waals surface area contributed by atoms with E-state index in [-0.39, 0.29) is 12.4 Å². The number of urea groups is 1. The quantitative estimate of drug-likeness (QED) is 0.676. The Morgan fingerprint density at radius 1 is 1.36 bits per heavy atom. The average Bonchev–Trinajstić information content (AvgIpc) is 3.12. The van der Waals surface area contributed by atoms with Gasteiger partial charge in [0.15, 0.2) is 5.76 Å². The predicted molar refractivity (Wildman–Crippen MR) is 76.3 cm³/mol. The van der Waals surface area contributed by atoms with E-state index in [2.05, 4.69) is 15.4 Å². The highest BCUT2D eigenvalue weighted by atomic mass is 16.5. The lowest BCUT2D eigenvalue weighted by Gasteiger charge is -2.02. The molecule has 1 saturated heterocycles. The van der Waals surface area contributed by atoms with E-state index in [1.807, 2.05) is 24.3 Å². The molecule has 1 fully saturated rings. The van der Waals surface area contributed by atoms with Crippen LogP contribution in [0.3, 0.4) is 0 Å². The Kier molecular flexibility index (Phi) is 3.57. The zero-order valence-electron chi connectivity index (χ0n) is 11.6. The molecule has 2 aromatic rings. The number of hydrogen-bond donors (Lipinski definition) is 1. The smallest absolute Gasteiger partial charge is 0.344 e. The van der Waals surface area contributed by atoms with Crippen molar-refractivity contribution >= 4 is 18.2 Å². The third-order valence-corrected chi connectivity index (χ3v) is 2.98. The minimum absolute atomic E-state index is 0.110. The Labute approximate surface area is 125 Å². The molecule has 0 aliphatic carbocycles. The average molecular weight is 300 g/mol. The SMILES string of the molecule is COc1ccc(-c2cnc(/C=N/N3CC(=O)NC3=O)o2)cc1. The van der Waals surface area contributed by atoms with Gasteiger partial charge in [0.25, 0.3) is 0 Å². The zero-order valence-corrected chi connectivity index (χ0v) is 11.6. The number of hydrazone groups is 1. The molecule has 0 unspecified atom stereocenters. The van der Waals surface area contributed by atoms with Crippen LogP contribution in [0.5, 0.6) is 5.75 Å². The first kappa shape index (κ1) is 13.8. The minimum Gasteiger partial charge on any atom is -0.497 e. The van der Waals surface area contributed by atoms with Crippen LogP contribution in [0.25, 0.3) is 11.3 Å². The highest BCUT2D eigenvalue weighted by molar-refractivity contribution is 6.02. The molecule has 0 bridgehead atoms. The number of benzene rings is 1. The van der Waals surface area contributed by atoms with Crippen molar-refractivity contribution in [2.45, 2.75) is 0 Å². The summed E-state index contributed by atoms with van der Waals surface area (Å²) in [5.41, 5.74) is 0.835.